The number of amides is 2. The van der Waals surface area contributed by atoms with Gasteiger partial charge in [0, 0.05) is 57.4 Å². The molecule has 0 unspecified atom stereocenters. The third-order valence-corrected chi connectivity index (χ3v) is 8.80. The zero-order chi connectivity index (χ0) is 34.7. The standard InChI is InChI=1S/C33H33ClF6N4O4/c1-2-5-26-31(48-23-10-8-21(9-11-23)32(35,36)37,15-4-17-44(26)29(45)24-20-41-16-12-25(24)33(38,39)40)30(46)43-18-13-22(14-19-43)47-28-7-3-6-27(34)42-28/h3,6-12,16,20,22,26H,2,4-5,13-15,17-19H2,1H3/t26-,31+/m1/s1. The van der Waals surface area contributed by atoms with Gasteiger partial charge in [0.2, 0.25) is 11.5 Å². The van der Waals surface area contributed by atoms with Crippen LogP contribution in [0.3, 0.4) is 0 Å². The molecule has 2 amide bonds. The predicted molar refractivity (Wildman–Crippen MR) is 162 cm³/mol. The Morgan fingerprint density at radius 2 is 1.69 bits per heavy atom. The van der Waals surface area contributed by atoms with Crippen LogP contribution in [0.15, 0.2) is 60.9 Å². The molecule has 3 aromatic rings. The molecule has 0 spiro atoms. The average Bonchev–Trinajstić information content (AvgIpc) is 3.05. The average molecular weight is 699 g/mol. The molecule has 4 heterocycles. The van der Waals surface area contributed by atoms with Crippen molar-refractivity contribution < 1.29 is 45.4 Å². The van der Waals surface area contributed by atoms with Gasteiger partial charge < -0.3 is 19.3 Å². The molecule has 0 saturated carbocycles. The van der Waals surface area contributed by atoms with Crippen LogP contribution in [0, 0.1) is 0 Å². The van der Waals surface area contributed by atoms with Gasteiger partial charge >= 0.3 is 12.4 Å². The Morgan fingerprint density at radius 3 is 2.31 bits per heavy atom. The molecular weight excluding hydrogens is 666 g/mol. The Balaban J connectivity index is 1.49. The fraction of sp³-hybridized carbons (Fsp3) is 0.455. The SMILES string of the molecule is CCC[C@H]1N(C(=O)c2cnccc2C(F)(F)F)CCC[C@@]1(Oc1ccc(C(F)(F)F)cc1)C(=O)N1CCC(Oc2cccc(Cl)n2)CC1. The zero-order valence-corrected chi connectivity index (χ0v) is 26.6. The Bertz CT molecular complexity index is 1600. The molecule has 2 aliphatic rings. The monoisotopic (exact) mass is 698 g/mol. The maximum atomic E-state index is 14.7. The maximum Gasteiger partial charge on any atom is 0.417 e. The van der Waals surface area contributed by atoms with Crippen molar-refractivity contribution in [1.29, 1.82) is 0 Å². The number of piperidine rings is 2. The summed E-state index contributed by atoms with van der Waals surface area (Å²) in [6, 6.07) is 8.47. The molecule has 15 heteroatoms. The summed E-state index contributed by atoms with van der Waals surface area (Å²) in [6.45, 7) is 2.26. The summed E-state index contributed by atoms with van der Waals surface area (Å²) in [5.74, 6) is -1.20. The summed E-state index contributed by atoms with van der Waals surface area (Å²) in [7, 11) is 0. The van der Waals surface area contributed by atoms with Crippen molar-refractivity contribution >= 4 is 23.4 Å². The molecule has 258 valence electrons. The number of benzene rings is 1. The third kappa shape index (κ3) is 7.63. The first-order valence-corrected chi connectivity index (χ1v) is 15.9. The first-order valence-electron chi connectivity index (χ1n) is 15.5. The molecule has 0 bridgehead atoms. The third-order valence-electron chi connectivity index (χ3n) is 8.59. The van der Waals surface area contributed by atoms with E-state index in [1.807, 2.05) is 0 Å². The lowest BCUT2D eigenvalue weighted by atomic mass is 9.79. The van der Waals surface area contributed by atoms with Crippen molar-refractivity contribution in [2.24, 2.45) is 0 Å². The van der Waals surface area contributed by atoms with Crippen molar-refractivity contribution in [2.45, 2.75) is 75.5 Å². The number of nitrogens with zero attached hydrogens (tertiary/aromatic N) is 4. The first-order chi connectivity index (χ1) is 22.7. The summed E-state index contributed by atoms with van der Waals surface area (Å²) in [5, 5.41) is 0.259. The number of carbonyl (C=O) groups excluding carboxylic acids is 2. The van der Waals surface area contributed by atoms with Crippen LogP contribution in [0.2, 0.25) is 5.15 Å². The maximum absolute atomic E-state index is 14.7. The van der Waals surface area contributed by atoms with E-state index >= 15 is 0 Å². The van der Waals surface area contributed by atoms with Crippen LogP contribution in [-0.4, -0.2) is 69.0 Å². The van der Waals surface area contributed by atoms with Gasteiger partial charge in [-0.05, 0) is 49.2 Å². The zero-order valence-electron chi connectivity index (χ0n) is 25.9. The number of halogens is 7. The molecule has 2 atom stereocenters. The van der Waals surface area contributed by atoms with Gasteiger partial charge in [-0.15, -0.1) is 0 Å². The van der Waals surface area contributed by atoms with E-state index in [1.54, 1.807) is 30.0 Å². The molecule has 0 radical (unpaired) electrons. The predicted octanol–water partition coefficient (Wildman–Crippen LogP) is 7.46. The van der Waals surface area contributed by atoms with E-state index in [9.17, 15) is 35.9 Å². The lowest BCUT2D eigenvalue weighted by molar-refractivity contribution is -0.161. The van der Waals surface area contributed by atoms with Crippen molar-refractivity contribution in [1.82, 2.24) is 19.8 Å². The second-order valence-corrected chi connectivity index (χ2v) is 12.1. The fourth-order valence-electron chi connectivity index (χ4n) is 6.36. The van der Waals surface area contributed by atoms with E-state index in [2.05, 4.69) is 9.97 Å². The van der Waals surface area contributed by atoms with E-state index in [0.29, 0.717) is 31.2 Å². The number of rotatable bonds is 8. The Morgan fingerprint density at radius 1 is 0.979 bits per heavy atom. The van der Waals surface area contributed by atoms with E-state index in [-0.39, 0.29) is 55.9 Å². The van der Waals surface area contributed by atoms with Crippen LogP contribution in [-0.2, 0) is 17.1 Å². The van der Waals surface area contributed by atoms with Crippen molar-refractivity contribution in [3.05, 3.63) is 82.8 Å². The minimum absolute atomic E-state index is 0.0314. The minimum Gasteiger partial charge on any atom is -0.475 e. The summed E-state index contributed by atoms with van der Waals surface area (Å²) in [4.78, 5) is 39.3. The first kappa shape index (κ1) is 35.2. The smallest absolute Gasteiger partial charge is 0.417 e. The topological polar surface area (TPSA) is 84.9 Å². The Kier molecular flexibility index (Phi) is 10.4. The van der Waals surface area contributed by atoms with E-state index in [0.717, 1.165) is 36.7 Å². The summed E-state index contributed by atoms with van der Waals surface area (Å²) >= 11 is 5.97. The summed E-state index contributed by atoms with van der Waals surface area (Å²) in [5.41, 5.74) is -4.57. The van der Waals surface area contributed by atoms with E-state index in [4.69, 9.17) is 21.1 Å². The van der Waals surface area contributed by atoms with Crippen molar-refractivity contribution in [3.63, 3.8) is 0 Å². The fourth-order valence-corrected chi connectivity index (χ4v) is 6.52. The van der Waals surface area contributed by atoms with Gasteiger partial charge in [0.1, 0.15) is 17.0 Å². The lowest BCUT2D eigenvalue weighted by Gasteiger charge is -2.50. The quantitative estimate of drug-likeness (QED) is 0.179. The molecule has 0 aliphatic carbocycles. The second-order valence-electron chi connectivity index (χ2n) is 11.7. The lowest BCUT2D eigenvalue weighted by Crippen LogP contribution is -2.68. The van der Waals surface area contributed by atoms with Gasteiger partial charge in [-0.3, -0.25) is 14.6 Å². The molecule has 2 fully saturated rings. The number of carbonyl (C=O) groups is 2. The number of alkyl halides is 6. The number of hydrogen-bond acceptors (Lipinski definition) is 6. The van der Waals surface area contributed by atoms with Crippen LogP contribution in [0.25, 0.3) is 0 Å². The van der Waals surface area contributed by atoms with Gasteiger partial charge in [0.05, 0.1) is 22.7 Å². The number of aromatic nitrogens is 2. The molecule has 2 aromatic heterocycles. The highest BCUT2D eigenvalue weighted by molar-refractivity contribution is 6.29. The summed E-state index contributed by atoms with van der Waals surface area (Å²) < 4.78 is 94.2. The van der Waals surface area contributed by atoms with Gasteiger partial charge in [-0.2, -0.15) is 26.3 Å². The molecule has 2 saturated heterocycles. The Labute approximate surface area is 278 Å². The molecule has 2 aliphatic heterocycles. The Hall–Kier alpha value is -4.07. The largest absolute Gasteiger partial charge is 0.475 e. The molecule has 1 aromatic carbocycles. The number of hydrogen-bond donors (Lipinski definition) is 0. The van der Waals surface area contributed by atoms with Gasteiger partial charge in [0.25, 0.3) is 11.8 Å². The highest BCUT2D eigenvalue weighted by Gasteiger charge is 2.56. The number of ether oxygens (including phenoxy) is 2. The minimum atomic E-state index is -4.85. The van der Waals surface area contributed by atoms with E-state index < -0.39 is 52.5 Å². The van der Waals surface area contributed by atoms with Crippen LogP contribution in [0.5, 0.6) is 11.6 Å². The van der Waals surface area contributed by atoms with Crippen LogP contribution >= 0.6 is 11.6 Å². The number of pyridine rings is 2. The second kappa shape index (κ2) is 14.2. The number of likely N-dealkylation sites (tertiary alicyclic amines) is 2. The molecule has 48 heavy (non-hydrogen) atoms. The van der Waals surface area contributed by atoms with Crippen molar-refractivity contribution in [3.8, 4) is 11.6 Å². The highest BCUT2D eigenvalue weighted by atomic mass is 35.5. The van der Waals surface area contributed by atoms with Gasteiger partial charge in [-0.1, -0.05) is 31.0 Å². The molecule has 8 nitrogen and oxygen atoms in total. The van der Waals surface area contributed by atoms with Crippen molar-refractivity contribution in [2.75, 3.05) is 19.6 Å². The summed E-state index contributed by atoms with van der Waals surface area (Å²) in [6.07, 6.45) is -6.32. The van der Waals surface area contributed by atoms with E-state index in [1.165, 1.54) is 4.90 Å². The van der Waals surface area contributed by atoms with Crippen LogP contribution in [0.1, 0.15) is 66.9 Å². The van der Waals surface area contributed by atoms with Gasteiger partial charge in [-0.25, -0.2) is 4.98 Å². The highest BCUT2D eigenvalue weighted by Crippen LogP contribution is 2.41. The molecular formula is C33H33ClF6N4O4. The molecule has 0 N–H and O–H groups in total. The van der Waals surface area contributed by atoms with Gasteiger partial charge in [0.15, 0.2) is 0 Å². The van der Waals surface area contributed by atoms with Crippen LogP contribution in [0.4, 0.5) is 26.3 Å². The van der Waals surface area contributed by atoms with Crippen LogP contribution < -0.4 is 9.47 Å². The normalized spacial score (nSPS) is 20.8. The molecule has 5 rings (SSSR count).